The monoisotopic (exact) mass is 369 g/mol. The van der Waals surface area contributed by atoms with Crippen LogP contribution >= 0.6 is 0 Å². The van der Waals surface area contributed by atoms with E-state index in [1.807, 2.05) is 48.9 Å². The maximum absolute atomic E-state index is 12.9. The molecule has 146 valence electrons. The number of hydrogen-bond donors (Lipinski definition) is 1. The quantitative estimate of drug-likeness (QED) is 0.799. The van der Waals surface area contributed by atoms with Crippen molar-refractivity contribution in [1.82, 2.24) is 9.80 Å². The van der Waals surface area contributed by atoms with Gasteiger partial charge in [0.2, 0.25) is 11.8 Å². The van der Waals surface area contributed by atoms with Gasteiger partial charge in [-0.3, -0.25) is 14.5 Å². The fraction of sp³-hybridized carbons (Fsp3) is 0.545. The summed E-state index contributed by atoms with van der Waals surface area (Å²) in [6, 6.07) is 6.33. The molecular weight excluding hydrogens is 338 g/mol. The van der Waals surface area contributed by atoms with Crippen LogP contribution in [0.4, 0.5) is 5.69 Å². The SMILES string of the molecule is Cc1cccc(C)c1NC(=O)CN(C)CC(=O)N(C1=CCCCC1)C1CC1. The Morgan fingerprint density at radius 2 is 1.81 bits per heavy atom. The number of allylic oxidation sites excluding steroid dienone is 2. The second-order valence-corrected chi connectivity index (χ2v) is 7.92. The van der Waals surface area contributed by atoms with E-state index in [9.17, 15) is 9.59 Å². The van der Waals surface area contributed by atoms with Crippen LogP contribution in [-0.4, -0.2) is 47.8 Å². The summed E-state index contributed by atoms with van der Waals surface area (Å²) in [5.41, 5.74) is 4.16. The molecule has 5 nitrogen and oxygen atoms in total. The summed E-state index contributed by atoms with van der Waals surface area (Å²) in [5, 5.41) is 2.99. The number of anilines is 1. The van der Waals surface area contributed by atoms with Crippen LogP contribution in [0, 0.1) is 13.8 Å². The highest BCUT2D eigenvalue weighted by atomic mass is 16.2. The number of likely N-dealkylation sites (N-methyl/N-ethyl adjacent to an activating group) is 1. The first-order valence-corrected chi connectivity index (χ1v) is 10.0. The Balaban J connectivity index is 1.56. The number of nitrogens with zero attached hydrogens (tertiary/aromatic N) is 2. The maximum atomic E-state index is 12.9. The lowest BCUT2D eigenvalue weighted by Crippen LogP contribution is -2.42. The summed E-state index contributed by atoms with van der Waals surface area (Å²) in [6.07, 6.45) is 8.87. The summed E-state index contributed by atoms with van der Waals surface area (Å²) in [5.74, 6) is 0.0329. The molecule has 1 fully saturated rings. The van der Waals surface area contributed by atoms with E-state index < -0.39 is 0 Å². The van der Waals surface area contributed by atoms with Crippen LogP contribution < -0.4 is 5.32 Å². The molecule has 0 aromatic heterocycles. The van der Waals surface area contributed by atoms with Gasteiger partial charge >= 0.3 is 0 Å². The molecule has 1 aromatic rings. The Bertz CT molecular complexity index is 717. The van der Waals surface area contributed by atoms with Crippen molar-refractivity contribution < 1.29 is 9.59 Å². The first-order chi connectivity index (χ1) is 13.0. The number of para-hydroxylation sites is 1. The Morgan fingerprint density at radius 1 is 1.11 bits per heavy atom. The molecule has 2 amide bonds. The number of carbonyl (C=O) groups excluding carboxylic acids is 2. The lowest BCUT2D eigenvalue weighted by atomic mass is 10.0. The third-order valence-electron chi connectivity index (χ3n) is 5.32. The standard InChI is InChI=1S/C22H31N3O2/c1-16-8-7-9-17(2)22(16)23-20(26)14-24(3)15-21(27)25(19-12-13-19)18-10-5-4-6-11-18/h7-10,19H,4-6,11-15H2,1-3H3,(H,23,26). The van der Waals surface area contributed by atoms with Crippen molar-refractivity contribution in [3.63, 3.8) is 0 Å². The predicted octanol–water partition coefficient (Wildman–Crippen LogP) is 3.62. The lowest BCUT2D eigenvalue weighted by molar-refractivity contribution is -0.131. The van der Waals surface area contributed by atoms with Crippen LogP contribution in [0.3, 0.4) is 0 Å². The number of benzene rings is 1. The molecule has 1 aromatic carbocycles. The number of carbonyl (C=O) groups is 2. The summed E-state index contributed by atoms with van der Waals surface area (Å²) in [4.78, 5) is 29.2. The molecule has 0 spiro atoms. The summed E-state index contributed by atoms with van der Waals surface area (Å²) < 4.78 is 0. The minimum Gasteiger partial charge on any atom is -0.324 e. The van der Waals surface area contributed by atoms with E-state index in [0.717, 1.165) is 48.9 Å². The number of nitrogens with one attached hydrogen (secondary N) is 1. The number of hydrogen-bond acceptors (Lipinski definition) is 3. The normalized spacial score (nSPS) is 16.8. The fourth-order valence-corrected chi connectivity index (χ4v) is 3.77. The van der Waals surface area contributed by atoms with E-state index in [2.05, 4.69) is 11.4 Å². The second kappa shape index (κ2) is 8.70. The summed E-state index contributed by atoms with van der Waals surface area (Å²) >= 11 is 0. The first-order valence-electron chi connectivity index (χ1n) is 10.0. The average Bonchev–Trinajstić information content (AvgIpc) is 3.44. The van der Waals surface area contributed by atoms with Gasteiger partial charge < -0.3 is 10.2 Å². The van der Waals surface area contributed by atoms with Gasteiger partial charge in [-0.2, -0.15) is 0 Å². The third-order valence-corrected chi connectivity index (χ3v) is 5.32. The zero-order chi connectivity index (χ0) is 19.4. The van der Waals surface area contributed by atoms with E-state index in [4.69, 9.17) is 0 Å². The first kappa shape index (κ1) is 19.6. The Kier molecular flexibility index (Phi) is 6.32. The summed E-state index contributed by atoms with van der Waals surface area (Å²) in [7, 11) is 1.84. The number of amides is 2. The van der Waals surface area contributed by atoms with Crippen LogP contribution in [-0.2, 0) is 9.59 Å². The highest BCUT2D eigenvalue weighted by molar-refractivity contribution is 5.94. The molecule has 1 saturated carbocycles. The van der Waals surface area contributed by atoms with E-state index >= 15 is 0 Å². The van der Waals surface area contributed by atoms with E-state index in [-0.39, 0.29) is 24.9 Å². The van der Waals surface area contributed by atoms with Gasteiger partial charge in [-0.15, -0.1) is 0 Å². The van der Waals surface area contributed by atoms with Crippen LogP contribution in [0.1, 0.15) is 49.7 Å². The average molecular weight is 370 g/mol. The van der Waals surface area contributed by atoms with Crippen molar-refractivity contribution in [2.24, 2.45) is 0 Å². The van der Waals surface area contributed by atoms with Crippen molar-refractivity contribution in [3.8, 4) is 0 Å². The zero-order valence-corrected chi connectivity index (χ0v) is 16.8. The minimum absolute atomic E-state index is 0.0856. The molecule has 2 aliphatic carbocycles. The molecule has 0 atom stereocenters. The number of rotatable bonds is 7. The van der Waals surface area contributed by atoms with Gasteiger partial charge in [-0.05, 0) is 70.5 Å². The second-order valence-electron chi connectivity index (χ2n) is 7.92. The van der Waals surface area contributed by atoms with Gasteiger partial charge in [-0.1, -0.05) is 24.3 Å². The van der Waals surface area contributed by atoms with Crippen LogP contribution in [0.2, 0.25) is 0 Å². The van der Waals surface area contributed by atoms with Crippen molar-refractivity contribution in [1.29, 1.82) is 0 Å². The van der Waals surface area contributed by atoms with E-state index in [1.165, 1.54) is 12.1 Å². The van der Waals surface area contributed by atoms with Gasteiger partial charge in [-0.25, -0.2) is 0 Å². The topological polar surface area (TPSA) is 52.7 Å². The molecule has 0 heterocycles. The molecule has 2 aliphatic rings. The molecular formula is C22H31N3O2. The Labute approximate surface area is 162 Å². The van der Waals surface area contributed by atoms with Crippen molar-refractivity contribution >= 4 is 17.5 Å². The van der Waals surface area contributed by atoms with Gasteiger partial charge in [0.15, 0.2) is 0 Å². The molecule has 0 radical (unpaired) electrons. The van der Waals surface area contributed by atoms with Crippen LogP contribution in [0.15, 0.2) is 30.0 Å². The lowest BCUT2D eigenvalue weighted by Gasteiger charge is -2.29. The summed E-state index contributed by atoms with van der Waals surface area (Å²) in [6.45, 7) is 4.45. The largest absolute Gasteiger partial charge is 0.324 e. The predicted molar refractivity (Wildman–Crippen MR) is 108 cm³/mol. The molecule has 27 heavy (non-hydrogen) atoms. The molecule has 0 saturated heterocycles. The highest BCUT2D eigenvalue weighted by Gasteiger charge is 2.35. The van der Waals surface area contributed by atoms with Gasteiger partial charge in [0.05, 0.1) is 13.1 Å². The Morgan fingerprint density at radius 3 is 2.41 bits per heavy atom. The molecule has 3 rings (SSSR count). The molecule has 0 aliphatic heterocycles. The van der Waals surface area contributed by atoms with Gasteiger partial charge in [0.1, 0.15) is 0 Å². The van der Waals surface area contributed by atoms with Crippen molar-refractivity contribution in [2.75, 3.05) is 25.5 Å². The third kappa shape index (κ3) is 5.19. The maximum Gasteiger partial charge on any atom is 0.241 e. The molecule has 0 bridgehead atoms. The minimum atomic E-state index is -0.0856. The van der Waals surface area contributed by atoms with Crippen LogP contribution in [0.25, 0.3) is 0 Å². The molecule has 1 N–H and O–H groups in total. The zero-order valence-electron chi connectivity index (χ0n) is 16.8. The van der Waals surface area contributed by atoms with Crippen molar-refractivity contribution in [2.45, 2.75) is 58.4 Å². The fourth-order valence-electron chi connectivity index (χ4n) is 3.77. The highest BCUT2D eigenvalue weighted by Crippen LogP contribution is 2.33. The van der Waals surface area contributed by atoms with E-state index in [0.29, 0.717) is 6.04 Å². The Hall–Kier alpha value is -2.14. The van der Waals surface area contributed by atoms with Gasteiger partial charge in [0.25, 0.3) is 0 Å². The van der Waals surface area contributed by atoms with Crippen LogP contribution in [0.5, 0.6) is 0 Å². The molecule has 0 unspecified atom stereocenters. The number of aryl methyl sites for hydroxylation is 2. The van der Waals surface area contributed by atoms with E-state index in [1.54, 1.807) is 0 Å². The smallest absolute Gasteiger partial charge is 0.241 e. The molecule has 5 heteroatoms. The van der Waals surface area contributed by atoms with Gasteiger partial charge in [0, 0.05) is 17.4 Å². The van der Waals surface area contributed by atoms with Crippen molar-refractivity contribution in [3.05, 3.63) is 41.1 Å².